The fourth-order valence-electron chi connectivity index (χ4n) is 2.56. The summed E-state index contributed by atoms with van der Waals surface area (Å²) in [6.07, 6.45) is 4.99. The minimum absolute atomic E-state index is 0.368. The van der Waals surface area contributed by atoms with Gasteiger partial charge in [-0.1, -0.05) is 18.2 Å². The fraction of sp³-hybridized carbons (Fsp3) is 0.625. The van der Waals surface area contributed by atoms with Crippen molar-refractivity contribution in [1.29, 1.82) is 0 Å². The predicted molar refractivity (Wildman–Crippen MR) is 75.4 cm³/mol. The summed E-state index contributed by atoms with van der Waals surface area (Å²) in [5, 5.41) is 3.66. The molecule has 3 rings (SSSR count). The zero-order chi connectivity index (χ0) is 13.0. The molecular weight excluding hydrogens is 238 g/mol. The Labute approximate surface area is 115 Å². The summed E-state index contributed by atoms with van der Waals surface area (Å²) in [5.74, 6) is 0.981. The number of hydrogen-bond donors (Lipinski definition) is 1. The van der Waals surface area contributed by atoms with E-state index in [1.54, 1.807) is 0 Å². The highest BCUT2D eigenvalue weighted by molar-refractivity contribution is 5.21. The van der Waals surface area contributed by atoms with E-state index in [-0.39, 0.29) is 0 Å². The molecule has 1 aliphatic heterocycles. The Balaban J connectivity index is 1.42. The van der Waals surface area contributed by atoms with Gasteiger partial charge in [0.2, 0.25) is 0 Å². The number of ether oxygens (including phenoxy) is 2. The molecule has 2 fully saturated rings. The standard InChI is InChI=1S/C16H23NO2/c1-2-6-15(7-3-1)19-13-16(8-9-16)12-17-14-5-4-10-18-11-14/h1-3,6-7,14,17H,4-5,8-13H2/t14-/m1/s1. The number of hydrogen-bond acceptors (Lipinski definition) is 3. The topological polar surface area (TPSA) is 30.5 Å². The predicted octanol–water partition coefficient (Wildman–Crippen LogP) is 2.61. The zero-order valence-electron chi connectivity index (χ0n) is 11.4. The molecule has 1 aromatic carbocycles. The van der Waals surface area contributed by atoms with Crippen LogP contribution in [0, 0.1) is 5.41 Å². The quantitative estimate of drug-likeness (QED) is 0.854. The van der Waals surface area contributed by atoms with Crippen LogP contribution in [0.3, 0.4) is 0 Å². The van der Waals surface area contributed by atoms with Gasteiger partial charge >= 0.3 is 0 Å². The molecule has 1 atom stereocenters. The van der Waals surface area contributed by atoms with Crippen LogP contribution in [0.1, 0.15) is 25.7 Å². The Bertz CT molecular complexity index is 383. The van der Waals surface area contributed by atoms with Crippen LogP contribution in [0.15, 0.2) is 30.3 Å². The monoisotopic (exact) mass is 261 g/mol. The maximum Gasteiger partial charge on any atom is 0.119 e. The van der Waals surface area contributed by atoms with Crippen LogP contribution in [0.2, 0.25) is 0 Å². The molecule has 1 aliphatic carbocycles. The maximum atomic E-state index is 5.90. The lowest BCUT2D eigenvalue weighted by Crippen LogP contribution is -2.41. The van der Waals surface area contributed by atoms with Crippen molar-refractivity contribution < 1.29 is 9.47 Å². The molecule has 1 saturated heterocycles. The molecule has 0 bridgehead atoms. The number of rotatable bonds is 6. The van der Waals surface area contributed by atoms with Crippen molar-refractivity contribution in [3.8, 4) is 5.75 Å². The Morgan fingerprint density at radius 3 is 2.79 bits per heavy atom. The average Bonchev–Trinajstić information content (AvgIpc) is 3.26. The van der Waals surface area contributed by atoms with Crippen molar-refractivity contribution in [1.82, 2.24) is 5.32 Å². The Kier molecular flexibility index (Phi) is 4.04. The van der Waals surface area contributed by atoms with E-state index in [1.807, 2.05) is 30.3 Å². The molecule has 1 heterocycles. The summed E-state index contributed by atoms with van der Waals surface area (Å²) < 4.78 is 11.4. The molecule has 0 aromatic heterocycles. The molecule has 3 heteroatoms. The van der Waals surface area contributed by atoms with Crippen LogP contribution in [0.25, 0.3) is 0 Å². The Morgan fingerprint density at radius 2 is 2.11 bits per heavy atom. The van der Waals surface area contributed by atoms with Crippen LogP contribution < -0.4 is 10.1 Å². The minimum atomic E-state index is 0.368. The van der Waals surface area contributed by atoms with Crippen LogP contribution in [-0.4, -0.2) is 32.4 Å². The van der Waals surface area contributed by atoms with Gasteiger partial charge in [-0.3, -0.25) is 0 Å². The SMILES string of the molecule is c1ccc(OCC2(CN[C@@H]3CCCOC3)CC2)cc1. The normalized spacial score (nSPS) is 24.9. The summed E-state index contributed by atoms with van der Waals surface area (Å²) in [5.41, 5.74) is 0.368. The molecule has 0 radical (unpaired) electrons. The van der Waals surface area contributed by atoms with Crippen LogP contribution >= 0.6 is 0 Å². The van der Waals surface area contributed by atoms with E-state index in [1.165, 1.54) is 25.7 Å². The summed E-state index contributed by atoms with van der Waals surface area (Å²) in [6, 6.07) is 10.7. The van der Waals surface area contributed by atoms with Gasteiger partial charge < -0.3 is 14.8 Å². The van der Waals surface area contributed by atoms with Gasteiger partial charge in [0.05, 0.1) is 13.2 Å². The molecular formula is C16H23NO2. The molecule has 1 N–H and O–H groups in total. The first kappa shape index (κ1) is 12.9. The van der Waals surface area contributed by atoms with E-state index in [2.05, 4.69) is 5.32 Å². The summed E-state index contributed by atoms with van der Waals surface area (Å²) in [7, 11) is 0. The maximum absolute atomic E-state index is 5.90. The van der Waals surface area contributed by atoms with Crippen LogP contribution in [-0.2, 0) is 4.74 Å². The van der Waals surface area contributed by atoms with E-state index in [9.17, 15) is 0 Å². The first-order valence-corrected chi connectivity index (χ1v) is 7.35. The van der Waals surface area contributed by atoms with E-state index >= 15 is 0 Å². The third kappa shape index (κ3) is 3.71. The van der Waals surface area contributed by atoms with E-state index < -0.39 is 0 Å². The third-order valence-corrected chi connectivity index (χ3v) is 4.17. The molecule has 1 aromatic rings. The van der Waals surface area contributed by atoms with Gasteiger partial charge in [0.15, 0.2) is 0 Å². The van der Waals surface area contributed by atoms with Crippen molar-refractivity contribution in [2.75, 3.05) is 26.4 Å². The largest absolute Gasteiger partial charge is 0.493 e. The second-order valence-corrected chi connectivity index (χ2v) is 5.90. The first-order valence-electron chi connectivity index (χ1n) is 7.35. The number of para-hydroxylation sites is 1. The lowest BCUT2D eigenvalue weighted by atomic mass is 10.1. The smallest absolute Gasteiger partial charge is 0.119 e. The van der Waals surface area contributed by atoms with Gasteiger partial charge in [0.1, 0.15) is 5.75 Å². The molecule has 0 amide bonds. The summed E-state index contributed by atoms with van der Waals surface area (Å²) >= 11 is 0. The molecule has 3 nitrogen and oxygen atoms in total. The number of benzene rings is 1. The van der Waals surface area contributed by atoms with Crippen LogP contribution in [0.5, 0.6) is 5.75 Å². The Hall–Kier alpha value is -1.06. The van der Waals surface area contributed by atoms with Crippen molar-refractivity contribution >= 4 is 0 Å². The van der Waals surface area contributed by atoms with Crippen molar-refractivity contribution in [3.63, 3.8) is 0 Å². The van der Waals surface area contributed by atoms with E-state index in [0.717, 1.165) is 32.1 Å². The summed E-state index contributed by atoms with van der Waals surface area (Å²) in [4.78, 5) is 0. The van der Waals surface area contributed by atoms with Gasteiger partial charge in [-0.2, -0.15) is 0 Å². The van der Waals surface area contributed by atoms with Crippen molar-refractivity contribution in [2.45, 2.75) is 31.7 Å². The van der Waals surface area contributed by atoms with Gasteiger partial charge in [-0.25, -0.2) is 0 Å². The molecule has 0 unspecified atom stereocenters. The van der Waals surface area contributed by atoms with E-state index in [4.69, 9.17) is 9.47 Å². The second-order valence-electron chi connectivity index (χ2n) is 5.90. The fourth-order valence-corrected chi connectivity index (χ4v) is 2.56. The molecule has 0 spiro atoms. The van der Waals surface area contributed by atoms with Crippen LogP contribution in [0.4, 0.5) is 0 Å². The summed E-state index contributed by atoms with van der Waals surface area (Å²) in [6.45, 7) is 3.70. The van der Waals surface area contributed by atoms with E-state index in [0.29, 0.717) is 11.5 Å². The second kappa shape index (κ2) is 5.93. The zero-order valence-corrected chi connectivity index (χ0v) is 11.4. The van der Waals surface area contributed by atoms with Gasteiger partial charge in [-0.05, 0) is 37.8 Å². The lowest BCUT2D eigenvalue weighted by molar-refractivity contribution is 0.0671. The minimum Gasteiger partial charge on any atom is -0.493 e. The highest BCUT2D eigenvalue weighted by Crippen LogP contribution is 2.45. The van der Waals surface area contributed by atoms with Gasteiger partial charge in [0.25, 0.3) is 0 Å². The average molecular weight is 261 g/mol. The van der Waals surface area contributed by atoms with Crippen molar-refractivity contribution in [3.05, 3.63) is 30.3 Å². The number of nitrogens with one attached hydrogen (secondary N) is 1. The Morgan fingerprint density at radius 1 is 1.26 bits per heavy atom. The highest BCUT2D eigenvalue weighted by atomic mass is 16.5. The highest BCUT2D eigenvalue weighted by Gasteiger charge is 2.43. The first-order chi connectivity index (χ1) is 9.36. The van der Waals surface area contributed by atoms with Gasteiger partial charge in [0, 0.05) is 24.6 Å². The van der Waals surface area contributed by atoms with Gasteiger partial charge in [-0.15, -0.1) is 0 Å². The molecule has 2 aliphatic rings. The lowest BCUT2D eigenvalue weighted by Gasteiger charge is -2.26. The third-order valence-electron chi connectivity index (χ3n) is 4.17. The molecule has 1 saturated carbocycles. The molecule has 19 heavy (non-hydrogen) atoms. The van der Waals surface area contributed by atoms with Crippen molar-refractivity contribution in [2.24, 2.45) is 5.41 Å². The molecule has 104 valence electrons.